The van der Waals surface area contributed by atoms with Crippen LogP contribution in [0.3, 0.4) is 0 Å². The highest BCUT2D eigenvalue weighted by Gasteiger charge is 2.32. The van der Waals surface area contributed by atoms with Gasteiger partial charge in [0.25, 0.3) is 0 Å². The van der Waals surface area contributed by atoms with Crippen molar-refractivity contribution in [3.8, 4) is 0 Å². The number of carbonyl (C=O) groups excluding carboxylic acids is 1. The van der Waals surface area contributed by atoms with Crippen LogP contribution in [0.4, 0.5) is 5.82 Å². The molecule has 3 heterocycles. The smallest absolute Gasteiger partial charge is 0.241 e. The molecule has 0 saturated carbocycles. The van der Waals surface area contributed by atoms with Gasteiger partial charge in [-0.1, -0.05) is 41.9 Å². The normalized spacial score (nSPS) is 20.0. The van der Waals surface area contributed by atoms with Gasteiger partial charge >= 0.3 is 0 Å². The van der Waals surface area contributed by atoms with Gasteiger partial charge in [0.05, 0.1) is 12.1 Å². The summed E-state index contributed by atoms with van der Waals surface area (Å²) in [5.41, 5.74) is 2.23. The number of halogens is 1. The molecule has 5 rings (SSSR count). The Morgan fingerprint density at radius 1 is 1.03 bits per heavy atom. The van der Waals surface area contributed by atoms with Crippen molar-refractivity contribution in [2.75, 3.05) is 38.0 Å². The van der Waals surface area contributed by atoms with Crippen molar-refractivity contribution in [3.05, 3.63) is 65.4 Å². The molecule has 1 N–H and O–H groups in total. The molecule has 1 aromatic heterocycles. The van der Waals surface area contributed by atoms with Crippen LogP contribution >= 0.6 is 11.6 Å². The van der Waals surface area contributed by atoms with E-state index in [4.69, 9.17) is 11.6 Å². The highest BCUT2D eigenvalue weighted by atomic mass is 35.5. The van der Waals surface area contributed by atoms with Crippen molar-refractivity contribution in [1.29, 1.82) is 0 Å². The van der Waals surface area contributed by atoms with Crippen molar-refractivity contribution in [1.82, 2.24) is 19.8 Å². The van der Waals surface area contributed by atoms with E-state index in [0.717, 1.165) is 43.5 Å². The molecule has 2 aromatic carbocycles. The average molecular weight is 450 g/mol. The maximum atomic E-state index is 12.9. The Hall–Kier alpha value is -2.70. The van der Waals surface area contributed by atoms with Crippen LogP contribution in [0.1, 0.15) is 30.7 Å². The first kappa shape index (κ1) is 21.2. The number of hydrogen-bond donors (Lipinski definition) is 1. The summed E-state index contributed by atoms with van der Waals surface area (Å²) in [6, 6.07) is 16.8. The molecule has 0 bridgehead atoms. The van der Waals surface area contributed by atoms with E-state index in [2.05, 4.69) is 50.5 Å². The van der Waals surface area contributed by atoms with E-state index in [9.17, 15) is 4.79 Å². The van der Waals surface area contributed by atoms with Crippen LogP contribution in [0.15, 0.2) is 54.9 Å². The van der Waals surface area contributed by atoms with E-state index in [1.165, 1.54) is 24.7 Å². The highest BCUT2D eigenvalue weighted by Crippen LogP contribution is 2.30. The minimum absolute atomic E-state index is 0.118. The van der Waals surface area contributed by atoms with Crippen LogP contribution in [-0.2, 0) is 4.79 Å². The molecule has 0 radical (unpaired) electrons. The largest absolute Gasteiger partial charge is 0.360 e. The van der Waals surface area contributed by atoms with Crippen LogP contribution in [0.5, 0.6) is 0 Å². The summed E-state index contributed by atoms with van der Waals surface area (Å²) in [7, 11) is 0. The summed E-state index contributed by atoms with van der Waals surface area (Å²) in [5.74, 6) is 1.44. The number of rotatable bonds is 5. The summed E-state index contributed by atoms with van der Waals surface area (Å²) in [5, 5.41) is 4.70. The molecular formula is C25H28ClN5O. The van der Waals surface area contributed by atoms with Gasteiger partial charge in [-0.15, -0.1) is 0 Å². The summed E-state index contributed by atoms with van der Waals surface area (Å²) in [6.45, 7) is 4.10. The third kappa shape index (κ3) is 4.57. The summed E-state index contributed by atoms with van der Waals surface area (Å²) in [6.07, 6.45) is 4.94. The van der Waals surface area contributed by atoms with Gasteiger partial charge in [0.2, 0.25) is 5.91 Å². The third-order valence-corrected chi connectivity index (χ3v) is 7.07. The van der Waals surface area contributed by atoms with Gasteiger partial charge in [-0.05, 0) is 62.0 Å². The minimum atomic E-state index is 0.118. The molecule has 1 unspecified atom stereocenters. The molecule has 2 fully saturated rings. The first-order valence-electron chi connectivity index (χ1n) is 11.4. The van der Waals surface area contributed by atoms with Gasteiger partial charge in [0.1, 0.15) is 12.1 Å². The molecule has 2 aliphatic heterocycles. The number of amides is 1. The summed E-state index contributed by atoms with van der Waals surface area (Å²) in [4.78, 5) is 26.0. The molecule has 7 heteroatoms. The number of aromatic nitrogens is 2. The molecule has 0 spiro atoms. The fraction of sp³-hybridized carbons (Fsp3) is 0.400. The lowest BCUT2D eigenvalue weighted by atomic mass is 9.89. The van der Waals surface area contributed by atoms with E-state index < -0.39 is 0 Å². The number of fused-ring (bicyclic) bond motifs is 1. The second-order valence-electron chi connectivity index (χ2n) is 8.74. The fourth-order valence-electron chi connectivity index (χ4n) is 5.03. The van der Waals surface area contributed by atoms with E-state index in [0.29, 0.717) is 22.8 Å². The predicted octanol–water partition coefficient (Wildman–Crippen LogP) is 4.18. The van der Waals surface area contributed by atoms with Crippen LogP contribution in [-0.4, -0.2) is 64.4 Å². The van der Waals surface area contributed by atoms with Crippen molar-refractivity contribution in [3.63, 3.8) is 0 Å². The Kier molecular flexibility index (Phi) is 6.23. The number of nitrogens with zero attached hydrogens (tertiary/aromatic N) is 4. The maximum Gasteiger partial charge on any atom is 0.241 e. The molecule has 0 aliphatic carbocycles. The van der Waals surface area contributed by atoms with Gasteiger partial charge in [0.15, 0.2) is 0 Å². The van der Waals surface area contributed by atoms with Gasteiger partial charge < -0.3 is 10.2 Å². The standard InChI is InChI=1S/C25H28ClN5O/c26-20-6-7-22-23(14-20)28-17-29-25(22)27-15-24(32)31-13-10-21(16-31)30-11-8-19(9-12-30)18-4-2-1-3-5-18/h1-7,14,17,19,21H,8-13,15-16H2,(H,27,28,29). The second kappa shape index (κ2) is 9.43. The monoisotopic (exact) mass is 449 g/mol. The Labute approximate surface area is 193 Å². The number of likely N-dealkylation sites (tertiary alicyclic amines) is 2. The lowest BCUT2D eigenvalue weighted by molar-refractivity contribution is -0.128. The Morgan fingerprint density at radius 2 is 1.84 bits per heavy atom. The van der Waals surface area contributed by atoms with Crippen molar-refractivity contribution < 1.29 is 4.79 Å². The van der Waals surface area contributed by atoms with Crippen LogP contribution < -0.4 is 5.32 Å². The molecular weight excluding hydrogens is 422 g/mol. The van der Waals surface area contributed by atoms with Crippen LogP contribution in [0, 0.1) is 0 Å². The molecule has 32 heavy (non-hydrogen) atoms. The molecule has 1 amide bonds. The summed E-state index contributed by atoms with van der Waals surface area (Å²) < 4.78 is 0. The van der Waals surface area contributed by atoms with E-state index in [-0.39, 0.29) is 12.5 Å². The third-order valence-electron chi connectivity index (χ3n) is 6.84. The SMILES string of the molecule is O=C(CNc1ncnc2cc(Cl)ccc12)N1CCC(N2CCC(c3ccccc3)CC2)C1. The highest BCUT2D eigenvalue weighted by molar-refractivity contribution is 6.31. The van der Waals surface area contributed by atoms with Crippen molar-refractivity contribution >= 4 is 34.2 Å². The molecule has 166 valence electrons. The zero-order chi connectivity index (χ0) is 21.9. The van der Waals surface area contributed by atoms with Crippen LogP contribution in [0.25, 0.3) is 10.9 Å². The zero-order valence-corrected chi connectivity index (χ0v) is 18.8. The topological polar surface area (TPSA) is 61.4 Å². The molecule has 2 saturated heterocycles. The Morgan fingerprint density at radius 3 is 2.66 bits per heavy atom. The van der Waals surface area contributed by atoms with Crippen molar-refractivity contribution in [2.24, 2.45) is 0 Å². The predicted molar refractivity (Wildman–Crippen MR) is 128 cm³/mol. The fourth-order valence-corrected chi connectivity index (χ4v) is 5.20. The average Bonchev–Trinajstić information content (AvgIpc) is 3.33. The molecule has 1 atom stereocenters. The number of carbonyl (C=O) groups is 1. The first-order chi connectivity index (χ1) is 15.7. The number of hydrogen-bond acceptors (Lipinski definition) is 5. The van der Waals surface area contributed by atoms with Gasteiger partial charge in [-0.3, -0.25) is 9.69 Å². The van der Waals surface area contributed by atoms with Crippen LogP contribution in [0.2, 0.25) is 5.02 Å². The molecule has 3 aromatic rings. The first-order valence-corrected chi connectivity index (χ1v) is 11.8. The summed E-state index contributed by atoms with van der Waals surface area (Å²) >= 11 is 6.06. The number of piperidine rings is 1. The van der Waals surface area contributed by atoms with Gasteiger partial charge in [-0.2, -0.15) is 0 Å². The maximum absolute atomic E-state index is 12.9. The van der Waals surface area contributed by atoms with Gasteiger partial charge in [0, 0.05) is 29.5 Å². The van der Waals surface area contributed by atoms with Gasteiger partial charge in [-0.25, -0.2) is 9.97 Å². The number of anilines is 1. The number of benzene rings is 2. The lowest BCUT2D eigenvalue weighted by Crippen LogP contribution is -2.43. The Balaban J connectivity index is 1.13. The van der Waals surface area contributed by atoms with E-state index >= 15 is 0 Å². The Bertz CT molecular complexity index is 1080. The van der Waals surface area contributed by atoms with E-state index in [1.807, 2.05) is 17.0 Å². The molecule has 6 nitrogen and oxygen atoms in total. The van der Waals surface area contributed by atoms with E-state index in [1.54, 1.807) is 6.07 Å². The second-order valence-corrected chi connectivity index (χ2v) is 9.18. The quantitative estimate of drug-likeness (QED) is 0.633. The number of nitrogens with one attached hydrogen (secondary N) is 1. The lowest BCUT2D eigenvalue weighted by Gasteiger charge is -2.36. The van der Waals surface area contributed by atoms with Crippen molar-refractivity contribution in [2.45, 2.75) is 31.2 Å². The minimum Gasteiger partial charge on any atom is -0.360 e. The zero-order valence-electron chi connectivity index (χ0n) is 18.1. The molecule has 2 aliphatic rings.